The third-order valence-electron chi connectivity index (χ3n) is 2.36. The van der Waals surface area contributed by atoms with Crippen LogP contribution in [0.4, 0.5) is 5.82 Å². The fourth-order valence-corrected chi connectivity index (χ4v) is 1.32. The number of aromatic nitrogens is 2. The summed E-state index contributed by atoms with van der Waals surface area (Å²) in [6.45, 7) is 0. The maximum Gasteiger partial charge on any atom is 0.337 e. The quantitative estimate of drug-likeness (QED) is 0.752. The van der Waals surface area contributed by atoms with E-state index in [4.69, 9.17) is 5.11 Å². The Labute approximate surface area is 81.2 Å². The number of nitrogens with zero attached hydrogens (tertiary/aromatic N) is 2. The lowest BCUT2D eigenvalue weighted by Gasteiger charge is -2.26. The molecule has 1 aliphatic rings. The molecule has 0 unspecified atom stereocenters. The number of rotatable bonds is 3. The average molecular weight is 193 g/mol. The minimum atomic E-state index is -0.975. The van der Waals surface area contributed by atoms with Gasteiger partial charge in [-0.05, 0) is 25.3 Å². The predicted molar refractivity (Wildman–Crippen MR) is 50.3 cm³/mol. The molecule has 0 spiro atoms. The van der Waals surface area contributed by atoms with Crippen molar-refractivity contribution < 1.29 is 9.90 Å². The van der Waals surface area contributed by atoms with E-state index in [9.17, 15) is 4.79 Å². The number of hydrogen-bond acceptors (Lipinski definition) is 4. The molecule has 0 amide bonds. The first-order valence-corrected chi connectivity index (χ1v) is 4.58. The maximum absolute atomic E-state index is 10.6. The van der Waals surface area contributed by atoms with Crippen LogP contribution in [-0.4, -0.2) is 27.3 Å². The molecule has 5 heteroatoms. The van der Waals surface area contributed by atoms with Crippen molar-refractivity contribution in [2.45, 2.75) is 25.3 Å². The normalized spacial score (nSPS) is 16.0. The monoisotopic (exact) mass is 193 g/mol. The van der Waals surface area contributed by atoms with E-state index in [1.165, 1.54) is 18.7 Å². The van der Waals surface area contributed by atoms with Crippen LogP contribution in [0.3, 0.4) is 0 Å². The lowest BCUT2D eigenvalue weighted by atomic mass is 9.93. The highest BCUT2D eigenvalue weighted by molar-refractivity contribution is 5.87. The minimum Gasteiger partial charge on any atom is -0.478 e. The van der Waals surface area contributed by atoms with Gasteiger partial charge < -0.3 is 10.4 Å². The predicted octanol–water partition coefficient (Wildman–Crippen LogP) is 1.14. The van der Waals surface area contributed by atoms with Gasteiger partial charge in [0.1, 0.15) is 5.82 Å². The van der Waals surface area contributed by atoms with Crippen molar-refractivity contribution >= 4 is 11.8 Å². The fourth-order valence-electron chi connectivity index (χ4n) is 1.32. The van der Waals surface area contributed by atoms with Crippen LogP contribution in [0, 0.1) is 0 Å². The number of nitrogens with one attached hydrogen (secondary N) is 1. The molecule has 1 fully saturated rings. The molecule has 1 aliphatic carbocycles. The first-order chi connectivity index (χ1) is 6.75. The van der Waals surface area contributed by atoms with Crippen LogP contribution in [0.25, 0.3) is 0 Å². The zero-order valence-corrected chi connectivity index (χ0v) is 7.60. The summed E-state index contributed by atoms with van der Waals surface area (Å²) in [5.41, 5.74) is 0.168. The highest BCUT2D eigenvalue weighted by atomic mass is 16.4. The molecule has 74 valence electrons. The summed E-state index contributed by atoms with van der Waals surface area (Å²) in [5, 5.41) is 19.3. The summed E-state index contributed by atoms with van der Waals surface area (Å²) in [4.78, 5) is 10.6. The molecule has 0 saturated heterocycles. The summed E-state index contributed by atoms with van der Waals surface area (Å²) in [6.07, 6.45) is 4.72. The van der Waals surface area contributed by atoms with Crippen LogP contribution in [-0.2, 0) is 0 Å². The lowest BCUT2D eigenvalue weighted by molar-refractivity contribution is 0.0696. The van der Waals surface area contributed by atoms with Crippen molar-refractivity contribution in [3.05, 3.63) is 17.8 Å². The van der Waals surface area contributed by atoms with Crippen molar-refractivity contribution in [2.75, 3.05) is 5.32 Å². The van der Waals surface area contributed by atoms with Crippen molar-refractivity contribution in [3.8, 4) is 0 Å². The van der Waals surface area contributed by atoms with Crippen molar-refractivity contribution in [3.63, 3.8) is 0 Å². The first kappa shape index (κ1) is 8.93. The highest BCUT2D eigenvalue weighted by Crippen LogP contribution is 2.22. The molecule has 0 radical (unpaired) electrons. The number of carboxylic acids is 1. The SMILES string of the molecule is O=C(O)c1cnnc(NC2CCC2)c1. The molecule has 0 bridgehead atoms. The topological polar surface area (TPSA) is 75.1 Å². The van der Waals surface area contributed by atoms with E-state index >= 15 is 0 Å². The van der Waals surface area contributed by atoms with Crippen LogP contribution in [0.2, 0.25) is 0 Å². The van der Waals surface area contributed by atoms with E-state index < -0.39 is 5.97 Å². The molecular weight excluding hydrogens is 182 g/mol. The second-order valence-corrected chi connectivity index (χ2v) is 3.41. The van der Waals surface area contributed by atoms with E-state index in [0.29, 0.717) is 11.9 Å². The van der Waals surface area contributed by atoms with Gasteiger partial charge in [-0.15, -0.1) is 5.10 Å². The zero-order valence-electron chi connectivity index (χ0n) is 7.60. The number of hydrogen-bond donors (Lipinski definition) is 2. The van der Waals surface area contributed by atoms with Crippen molar-refractivity contribution in [1.29, 1.82) is 0 Å². The third-order valence-corrected chi connectivity index (χ3v) is 2.36. The standard InChI is InChI=1S/C9H11N3O2/c13-9(14)6-4-8(12-10-5-6)11-7-2-1-3-7/h4-5,7H,1-3H2,(H,11,12)(H,13,14). The Hall–Kier alpha value is -1.65. The largest absolute Gasteiger partial charge is 0.478 e. The minimum absolute atomic E-state index is 0.168. The van der Waals surface area contributed by atoms with Crippen LogP contribution in [0.1, 0.15) is 29.6 Å². The van der Waals surface area contributed by atoms with Crippen molar-refractivity contribution in [2.24, 2.45) is 0 Å². The fraction of sp³-hybridized carbons (Fsp3) is 0.444. The molecule has 2 rings (SSSR count). The van der Waals surface area contributed by atoms with Crippen LogP contribution < -0.4 is 5.32 Å². The summed E-state index contributed by atoms with van der Waals surface area (Å²) < 4.78 is 0. The second-order valence-electron chi connectivity index (χ2n) is 3.41. The van der Waals surface area contributed by atoms with Gasteiger partial charge in [0.15, 0.2) is 0 Å². The zero-order chi connectivity index (χ0) is 9.97. The number of carboxylic acid groups (broad SMARTS) is 1. The summed E-state index contributed by atoms with van der Waals surface area (Å²) in [7, 11) is 0. The molecule has 5 nitrogen and oxygen atoms in total. The molecular formula is C9H11N3O2. The van der Waals surface area contributed by atoms with Gasteiger partial charge in [-0.25, -0.2) is 4.79 Å². The van der Waals surface area contributed by atoms with E-state index in [1.807, 2.05) is 0 Å². The maximum atomic E-state index is 10.6. The Kier molecular flexibility index (Phi) is 2.30. The van der Waals surface area contributed by atoms with E-state index in [1.54, 1.807) is 0 Å². The smallest absolute Gasteiger partial charge is 0.337 e. The van der Waals surface area contributed by atoms with E-state index in [2.05, 4.69) is 15.5 Å². The Balaban J connectivity index is 2.09. The summed E-state index contributed by atoms with van der Waals surface area (Å²) >= 11 is 0. The Bertz CT molecular complexity index is 350. The van der Waals surface area contributed by atoms with E-state index in [0.717, 1.165) is 12.8 Å². The molecule has 0 aromatic carbocycles. The summed E-state index contributed by atoms with van der Waals surface area (Å²) in [5.74, 6) is -0.425. The molecule has 14 heavy (non-hydrogen) atoms. The van der Waals surface area contributed by atoms with Crippen LogP contribution >= 0.6 is 0 Å². The average Bonchev–Trinajstić information content (AvgIpc) is 2.12. The number of aromatic carboxylic acids is 1. The van der Waals surface area contributed by atoms with Crippen LogP contribution in [0.5, 0.6) is 0 Å². The van der Waals surface area contributed by atoms with Gasteiger partial charge in [0.2, 0.25) is 0 Å². The number of carbonyl (C=O) groups is 1. The molecule has 1 aromatic heterocycles. The Morgan fingerprint density at radius 3 is 2.93 bits per heavy atom. The van der Waals surface area contributed by atoms with Crippen molar-refractivity contribution in [1.82, 2.24) is 10.2 Å². The molecule has 0 aliphatic heterocycles. The second kappa shape index (κ2) is 3.61. The van der Waals surface area contributed by atoms with Gasteiger partial charge >= 0.3 is 5.97 Å². The molecule has 1 aromatic rings. The first-order valence-electron chi connectivity index (χ1n) is 4.58. The lowest BCUT2D eigenvalue weighted by Crippen LogP contribution is -2.27. The van der Waals surface area contributed by atoms with Gasteiger partial charge in [-0.1, -0.05) is 0 Å². The highest BCUT2D eigenvalue weighted by Gasteiger charge is 2.17. The van der Waals surface area contributed by atoms with Gasteiger partial charge in [-0.2, -0.15) is 5.10 Å². The molecule has 1 heterocycles. The third kappa shape index (κ3) is 1.81. The molecule has 0 atom stereocenters. The molecule has 1 saturated carbocycles. The Morgan fingerprint density at radius 1 is 1.57 bits per heavy atom. The van der Waals surface area contributed by atoms with Gasteiger partial charge in [-0.3, -0.25) is 0 Å². The van der Waals surface area contributed by atoms with Gasteiger partial charge in [0, 0.05) is 6.04 Å². The van der Waals surface area contributed by atoms with Gasteiger partial charge in [0.05, 0.1) is 11.8 Å². The van der Waals surface area contributed by atoms with Crippen LogP contribution in [0.15, 0.2) is 12.3 Å². The van der Waals surface area contributed by atoms with Gasteiger partial charge in [0.25, 0.3) is 0 Å². The molecule has 2 N–H and O–H groups in total. The summed E-state index contributed by atoms with van der Waals surface area (Å²) in [6, 6.07) is 1.95. The van der Waals surface area contributed by atoms with E-state index in [-0.39, 0.29) is 5.56 Å². The number of anilines is 1. The Morgan fingerprint density at radius 2 is 2.36 bits per heavy atom.